The fraction of sp³-hybridized carbons (Fsp3) is 0.342. The van der Waals surface area contributed by atoms with Gasteiger partial charge in [-0.1, -0.05) is 47.8 Å². The predicted octanol–water partition coefficient (Wildman–Crippen LogP) is 6.45. The molecule has 3 aromatic rings. The molecular formula is C38H38Cl3N2O10S3+. The number of fused-ring (bicyclic) bond motifs is 4. The van der Waals surface area contributed by atoms with E-state index in [0.717, 1.165) is 11.8 Å². The Balaban J connectivity index is 1.84. The molecule has 0 bridgehead atoms. The molecule has 3 aliphatic heterocycles. The molecule has 18 heteroatoms. The van der Waals surface area contributed by atoms with Crippen molar-refractivity contribution in [3.8, 4) is 11.5 Å². The molecule has 298 valence electrons. The highest BCUT2D eigenvalue weighted by Crippen LogP contribution is 2.51. The summed E-state index contributed by atoms with van der Waals surface area (Å²) in [7, 11) is -5.46. The number of ketones is 1. The van der Waals surface area contributed by atoms with Crippen LogP contribution in [0.3, 0.4) is 0 Å². The van der Waals surface area contributed by atoms with Gasteiger partial charge in [-0.15, -0.1) is 11.8 Å². The second-order valence-corrected chi connectivity index (χ2v) is 20.0. The third kappa shape index (κ3) is 7.64. The van der Waals surface area contributed by atoms with Crippen LogP contribution in [-0.4, -0.2) is 85.2 Å². The third-order valence-corrected chi connectivity index (χ3v) is 14.3. The average Bonchev–Trinajstić information content (AvgIpc) is 3.07. The summed E-state index contributed by atoms with van der Waals surface area (Å²) in [6.07, 6.45) is 3.64. The lowest BCUT2D eigenvalue weighted by Crippen LogP contribution is -2.47. The maximum atomic E-state index is 13.2. The summed E-state index contributed by atoms with van der Waals surface area (Å²) in [5, 5.41) is 10.9. The quantitative estimate of drug-likeness (QED) is 0.0687. The average molecular weight is 885 g/mol. The Bertz CT molecular complexity index is 2720. The molecule has 0 saturated carbocycles. The molecule has 0 spiro atoms. The largest absolute Gasteiger partial charge is 0.478 e. The molecule has 6 rings (SSSR count). The SMILES string of the molecule is CCC(=O)CSc1c(Cl)c(Cl)c(C(=O)O)c(C2=c3cc4c(cc3Oc3cc5c(cc32)C(CS(=O)(=O)O)=CC(C)(C)N5C)=[N+](C)C(C)(C)C=C4CS(=O)(=O)O)c1Cl. The summed E-state index contributed by atoms with van der Waals surface area (Å²) in [6, 6.07) is 6.61. The van der Waals surface area contributed by atoms with E-state index in [-0.39, 0.29) is 82.5 Å². The van der Waals surface area contributed by atoms with Gasteiger partial charge in [0.1, 0.15) is 35.8 Å². The van der Waals surface area contributed by atoms with Crippen molar-refractivity contribution in [2.75, 3.05) is 36.3 Å². The molecule has 0 saturated heterocycles. The van der Waals surface area contributed by atoms with Crippen LogP contribution in [0.4, 0.5) is 5.69 Å². The maximum absolute atomic E-state index is 13.2. The van der Waals surface area contributed by atoms with Gasteiger partial charge in [0.15, 0.2) is 5.54 Å². The number of Topliss-reactive ketones (excluding diaryl/α,β-unsaturated/α-hetero) is 1. The van der Waals surface area contributed by atoms with Crippen LogP contribution in [0, 0.1) is 0 Å². The Hall–Kier alpha value is -3.41. The zero-order valence-electron chi connectivity index (χ0n) is 31.2. The van der Waals surface area contributed by atoms with E-state index < -0.39 is 54.4 Å². The first kappa shape index (κ1) is 42.2. The van der Waals surface area contributed by atoms with Crippen molar-refractivity contribution in [3.63, 3.8) is 0 Å². The van der Waals surface area contributed by atoms with E-state index in [9.17, 15) is 40.6 Å². The number of carboxylic acids is 1. The fourth-order valence-electron chi connectivity index (χ4n) is 7.21. The van der Waals surface area contributed by atoms with Crippen molar-refractivity contribution >= 4 is 101 Å². The van der Waals surface area contributed by atoms with E-state index >= 15 is 0 Å². The minimum Gasteiger partial charge on any atom is -0.478 e. The molecule has 0 amide bonds. The molecule has 0 unspecified atom stereocenters. The number of ether oxygens (including phenoxy) is 1. The Morgan fingerprint density at radius 2 is 1.46 bits per heavy atom. The van der Waals surface area contributed by atoms with E-state index in [1.54, 1.807) is 43.3 Å². The number of carbonyl (C=O) groups is 2. The van der Waals surface area contributed by atoms with Gasteiger partial charge >= 0.3 is 5.97 Å². The number of hydrogen-bond acceptors (Lipinski definition) is 9. The second-order valence-electron chi connectivity index (χ2n) is 14.9. The van der Waals surface area contributed by atoms with Crippen molar-refractivity contribution in [1.29, 1.82) is 0 Å². The summed E-state index contributed by atoms with van der Waals surface area (Å²) in [5.41, 5.74) is 0.220. The van der Waals surface area contributed by atoms with Gasteiger partial charge in [-0.05, 0) is 43.2 Å². The Labute approximate surface area is 343 Å². The number of halogens is 3. The lowest BCUT2D eigenvalue weighted by molar-refractivity contribution is -0.116. The molecule has 3 N–H and O–H groups in total. The first-order valence-corrected chi connectivity index (χ1v) is 22.4. The smallest absolute Gasteiger partial charge is 0.337 e. The summed E-state index contributed by atoms with van der Waals surface area (Å²) >= 11 is 21.7. The lowest BCUT2D eigenvalue weighted by atomic mass is 9.83. The minimum atomic E-state index is -4.54. The lowest BCUT2D eigenvalue weighted by Gasteiger charge is -2.41. The number of aromatic carboxylic acids is 1. The number of carboxylic acid groups (broad SMARTS) is 1. The van der Waals surface area contributed by atoms with Crippen LogP contribution in [0.5, 0.6) is 11.5 Å². The molecule has 0 atom stereocenters. The summed E-state index contributed by atoms with van der Waals surface area (Å²) < 4.78 is 78.0. The first-order chi connectivity index (χ1) is 25.8. The van der Waals surface area contributed by atoms with Gasteiger partial charge in [0.25, 0.3) is 20.2 Å². The maximum Gasteiger partial charge on any atom is 0.337 e. The van der Waals surface area contributed by atoms with Crippen molar-refractivity contribution in [1.82, 2.24) is 4.58 Å². The Morgan fingerprint density at radius 1 is 0.857 bits per heavy atom. The molecule has 0 radical (unpaired) electrons. The van der Waals surface area contributed by atoms with Crippen LogP contribution < -0.4 is 24.8 Å². The van der Waals surface area contributed by atoms with E-state index in [2.05, 4.69) is 0 Å². The molecule has 0 aliphatic carbocycles. The topological polar surface area (TPSA) is 179 Å². The van der Waals surface area contributed by atoms with E-state index in [0.29, 0.717) is 22.2 Å². The molecule has 56 heavy (non-hydrogen) atoms. The van der Waals surface area contributed by atoms with Crippen LogP contribution in [0.25, 0.3) is 16.7 Å². The van der Waals surface area contributed by atoms with Gasteiger partial charge in [-0.3, -0.25) is 13.9 Å². The predicted molar refractivity (Wildman–Crippen MR) is 221 cm³/mol. The summed E-state index contributed by atoms with van der Waals surface area (Å²) in [5.74, 6) is -2.70. The third-order valence-electron chi connectivity index (χ3n) is 10.3. The number of nitrogens with zero attached hydrogens (tertiary/aromatic N) is 2. The number of anilines is 1. The second kappa shape index (κ2) is 14.5. The van der Waals surface area contributed by atoms with Crippen LogP contribution in [0.15, 0.2) is 41.3 Å². The van der Waals surface area contributed by atoms with Gasteiger partial charge in [-0.25, -0.2) is 9.37 Å². The standard InChI is InChI=1S/C38H37Cl3N2O10S3/c1-8-20(44)15-54-35-33(40)30(31(36(45)46)32(39)34(35)41)29-23-9-21-18(16-55(47,48)49)13-37(2,3)42(6)25(21)11-27(23)53-28-12-26-22(10-24(28)29)19(17-56(50,51)52)14-38(4,5)43(26)7/h9-14H,8,15-17H2,1-7H3,(H2-,45,46,47,48,49,50,51,52)/p+1. The number of benzene rings is 3. The van der Waals surface area contributed by atoms with Crippen LogP contribution in [0.1, 0.15) is 73.7 Å². The van der Waals surface area contributed by atoms with Crippen molar-refractivity contribution in [2.45, 2.75) is 57.0 Å². The fourth-order valence-corrected chi connectivity index (χ4v) is 10.6. The Morgan fingerprint density at radius 3 is 2.04 bits per heavy atom. The normalized spacial score (nSPS) is 16.9. The number of hydrogen-bond donors (Lipinski definition) is 3. The molecule has 3 aromatic carbocycles. The van der Waals surface area contributed by atoms with E-state index in [1.165, 1.54) is 0 Å². The Kier molecular flexibility index (Phi) is 10.9. The molecule has 3 heterocycles. The molecule has 0 aromatic heterocycles. The van der Waals surface area contributed by atoms with Crippen molar-refractivity contribution < 1.29 is 45.4 Å². The van der Waals surface area contributed by atoms with E-state index in [4.69, 9.17) is 39.5 Å². The number of likely N-dealkylation sites (N-methyl/N-ethyl adjacent to an activating group) is 2. The van der Waals surface area contributed by atoms with Gasteiger partial charge in [0.2, 0.25) is 5.36 Å². The number of rotatable bonds is 10. The van der Waals surface area contributed by atoms with Gasteiger partial charge < -0.3 is 14.7 Å². The summed E-state index contributed by atoms with van der Waals surface area (Å²) in [4.78, 5) is 27.7. The first-order valence-electron chi connectivity index (χ1n) is 17.1. The molecule has 12 nitrogen and oxygen atoms in total. The molecule has 3 aliphatic rings. The highest BCUT2D eigenvalue weighted by Gasteiger charge is 2.39. The highest BCUT2D eigenvalue weighted by molar-refractivity contribution is 8.00. The minimum absolute atomic E-state index is 0.0530. The summed E-state index contributed by atoms with van der Waals surface area (Å²) in [6.45, 7) is 9.16. The highest BCUT2D eigenvalue weighted by atomic mass is 35.5. The molecular weight excluding hydrogens is 847 g/mol. The van der Waals surface area contributed by atoms with Gasteiger partial charge in [0.05, 0.1) is 43.6 Å². The van der Waals surface area contributed by atoms with Crippen LogP contribution >= 0.6 is 46.6 Å². The van der Waals surface area contributed by atoms with Crippen molar-refractivity contribution in [3.05, 3.63) is 89.9 Å². The zero-order valence-corrected chi connectivity index (χ0v) is 36.0. The van der Waals surface area contributed by atoms with Crippen LogP contribution in [0.2, 0.25) is 15.1 Å². The van der Waals surface area contributed by atoms with Crippen LogP contribution in [-0.2, 0) is 25.0 Å². The van der Waals surface area contributed by atoms with E-state index in [1.807, 2.05) is 51.3 Å². The number of carbonyl (C=O) groups excluding carboxylic acids is 1. The zero-order chi connectivity index (χ0) is 41.6. The van der Waals surface area contributed by atoms with Gasteiger partial charge in [0, 0.05) is 71.4 Å². The monoisotopic (exact) mass is 883 g/mol. The van der Waals surface area contributed by atoms with Gasteiger partial charge in [-0.2, -0.15) is 16.8 Å². The number of thioether (sulfide) groups is 1. The van der Waals surface area contributed by atoms with Crippen molar-refractivity contribution in [2.24, 2.45) is 0 Å². The molecule has 0 fully saturated rings.